The zero-order valence-electron chi connectivity index (χ0n) is 17.4. The monoisotopic (exact) mass is 379 g/mol. The van der Waals surface area contributed by atoms with Crippen molar-refractivity contribution >= 4 is 22.4 Å². The maximum Gasteiger partial charge on any atom is 0.228 e. The van der Waals surface area contributed by atoms with Gasteiger partial charge in [0, 0.05) is 35.7 Å². The number of hydrogen-bond acceptors (Lipinski definition) is 2. The van der Waals surface area contributed by atoms with Gasteiger partial charge in [-0.2, -0.15) is 0 Å². The fourth-order valence-corrected chi connectivity index (χ4v) is 4.95. The van der Waals surface area contributed by atoms with Crippen LogP contribution in [-0.4, -0.2) is 41.0 Å². The van der Waals surface area contributed by atoms with Crippen molar-refractivity contribution < 1.29 is 4.79 Å². The molecule has 2 aliphatic rings. The van der Waals surface area contributed by atoms with Gasteiger partial charge in [-0.25, -0.2) is 0 Å². The zero-order valence-corrected chi connectivity index (χ0v) is 17.4. The third kappa shape index (κ3) is 3.50. The summed E-state index contributed by atoms with van der Waals surface area (Å²) < 4.78 is 0. The van der Waals surface area contributed by atoms with Gasteiger partial charge in [-0.3, -0.25) is 9.69 Å². The summed E-state index contributed by atoms with van der Waals surface area (Å²) in [5.74, 6) is 0.110. The molecule has 28 heavy (non-hydrogen) atoms. The highest BCUT2D eigenvalue weighted by Crippen LogP contribution is 2.41. The minimum Gasteiger partial charge on any atom is -0.361 e. The second-order valence-electron chi connectivity index (χ2n) is 8.54. The highest BCUT2D eigenvalue weighted by Gasteiger charge is 2.37. The summed E-state index contributed by atoms with van der Waals surface area (Å²) in [6.45, 7) is 8.40. The van der Waals surface area contributed by atoms with Crippen molar-refractivity contribution in [3.8, 4) is 0 Å². The molecule has 0 bridgehead atoms. The first-order chi connectivity index (χ1) is 13.6. The SMILES string of the molecule is CCCCN1C[C@H](C(=O)N[C@H](C)CCC)C=C2c3cccc4[nH]cc(c34)C[C@H]21. The molecular weight excluding hydrogens is 346 g/mol. The number of rotatable bonds is 7. The molecule has 150 valence electrons. The van der Waals surface area contributed by atoms with Gasteiger partial charge in [0.1, 0.15) is 0 Å². The number of nitrogens with one attached hydrogen (secondary N) is 2. The minimum atomic E-state index is -0.0711. The smallest absolute Gasteiger partial charge is 0.228 e. The summed E-state index contributed by atoms with van der Waals surface area (Å²) in [5.41, 5.74) is 5.28. The number of carbonyl (C=O) groups is 1. The summed E-state index contributed by atoms with van der Waals surface area (Å²) >= 11 is 0. The minimum absolute atomic E-state index is 0.0711. The average molecular weight is 380 g/mol. The number of aromatic nitrogens is 1. The lowest BCUT2D eigenvalue weighted by atomic mass is 9.79. The van der Waals surface area contributed by atoms with Crippen LogP contribution < -0.4 is 5.32 Å². The molecule has 0 saturated heterocycles. The number of H-pyrrole nitrogens is 1. The fraction of sp³-hybridized carbons (Fsp3) is 0.542. The maximum absolute atomic E-state index is 13.0. The molecule has 3 atom stereocenters. The van der Waals surface area contributed by atoms with Crippen LogP contribution in [0.5, 0.6) is 0 Å². The van der Waals surface area contributed by atoms with E-state index in [1.54, 1.807) is 0 Å². The Labute approximate surface area is 168 Å². The number of amides is 1. The first kappa shape index (κ1) is 19.3. The summed E-state index contributed by atoms with van der Waals surface area (Å²) in [6, 6.07) is 7.14. The Hall–Kier alpha value is -2.07. The van der Waals surface area contributed by atoms with E-state index in [2.05, 4.69) is 66.4 Å². The van der Waals surface area contributed by atoms with E-state index in [0.29, 0.717) is 6.04 Å². The Morgan fingerprint density at radius 2 is 2.18 bits per heavy atom. The van der Waals surface area contributed by atoms with E-state index in [9.17, 15) is 4.79 Å². The van der Waals surface area contributed by atoms with Crippen LogP contribution >= 0.6 is 0 Å². The van der Waals surface area contributed by atoms with Gasteiger partial charge < -0.3 is 10.3 Å². The van der Waals surface area contributed by atoms with Gasteiger partial charge in [-0.1, -0.05) is 44.9 Å². The van der Waals surface area contributed by atoms with E-state index in [1.165, 1.54) is 40.4 Å². The summed E-state index contributed by atoms with van der Waals surface area (Å²) in [5, 5.41) is 4.59. The molecule has 0 saturated carbocycles. The Morgan fingerprint density at radius 1 is 1.32 bits per heavy atom. The van der Waals surface area contributed by atoms with Crippen LogP contribution in [0.1, 0.15) is 57.6 Å². The summed E-state index contributed by atoms with van der Waals surface area (Å²) in [7, 11) is 0. The molecule has 0 unspecified atom stereocenters. The lowest BCUT2D eigenvalue weighted by Crippen LogP contribution is -2.49. The van der Waals surface area contributed by atoms with Crippen LogP contribution in [0.4, 0.5) is 0 Å². The Balaban J connectivity index is 1.69. The number of aromatic amines is 1. The highest BCUT2D eigenvalue weighted by molar-refractivity contribution is 5.99. The van der Waals surface area contributed by atoms with Crippen LogP contribution in [0, 0.1) is 5.92 Å². The molecule has 2 heterocycles. The third-order valence-corrected chi connectivity index (χ3v) is 6.37. The van der Waals surface area contributed by atoms with Crippen molar-refractivity contribution in [3.05, 3.63) is 41.6 Å². The van der Waals surface area contributed by atoms with Gasteiger partial charge >= 0.3 is 0 Å². The van der Waals surface area contributed by atoms with Gasteiger partial charge in [0.25, 0.3) is 0 Å². The van der Waals surface area contributed by atoms with Gasteiger partial charge in [-0.05, 0) is 55.5 Å². The summed E-state index contributed by atoms with van der Waals surface area (Å²) in [4.78, 5) is 19.0. The number of nitrogens with zero attached hydrogens (tertiary/aromatic N) is 1. The zero-order chi connectivity index (χ0) is 19.7. The Bertz CT molecular complexity index is 881. The molecular formula is C24H33N3O. The molecule has 0 spiro atoms. The van der Waals surface area contributed by atoms with Crippen molar-refractivity contribution in [1.29, 1.82) is 0 Å². The molecule has 2 N–H and O–H groups in total. The second kappa shape index (κ2) is 8.12. The molecule has 4 nitrogen and oxygen atoms in total. The van der Waals surface area contributed by atoms with Crippen LogP contribution in [0.2, 0.25) is 0 Å². The lowest BCUT2D eigenvalue weighted by molar-refractivity contribution is -0.125. The largest absolute Gasteiger partial charge is 0.361 e. The van der Waals surface area contributed by atoms with Crippen molar-refractivity contribution in [2.75, 3.05) is 13.1 Å². The molecule has 2 aromatic rings. The van der Waals surface area contributed by atoms with E-state index in [1.807, 2.05) is 0 Å². The predicted octanol–water partition coefficient (Wildman–Crippen LogP) is 4.51. The van der Waals surface area contributed by atoms with Crippen molar-refractivity contribution in [1.82, 2.24) is 15.2 Å². The van der Waals surface area contributed by atoms with Crippen molar-refractivity contribution in [3.63, 3.8) is 0 Å². The standard InChI is InChI=1S/C24H33N3O/c1-4-6-11-27-15-18(24(28)26-16(3)8-5-2)12-20-19-9-7-10-21-23(19)17(14-25-21)13-22(20)27/h7,9-10,12,14,16,18,22,25H,4-6,8,11,13,15H2,1-3H3,(H,26,28)/t16-,18-,22-/m1/s1. The van der Waals surface area contributed by atoms with Crippen LogP contribution in [0.25, 0.3) is 16.5 Å². The summed E-state index contributed by atoms with van der Waals surface area (Å²) in [6.07, 6.45) is 9.96. The van der Waals surface area contributed by atoms with E-state index in [-0.39, 0.29) is 17.9 Å². The lowest BCUT2D eigenvalue weighted by Gasteiger charge is -2.41. The number of benzene rings is 1. The van der Waals surface area contributed by atoms with Crippen molar-refractivity contribution in [2.45, 2.75) is 65.0 Å². The van der Waals surface area contributed by atoms with Crippen LogP contribution in [0.15, 0.2) is 30.5 Å². The molecule has 1 amide bonds. The van der Waals surface area contributed by atoms with Crippen molar-refractivity contribution in [2.24, 2.45) is 5.92 Å². The Morgan fingerprint density at radius 3 is 2.96 bits per heavy atom. The van der Waals surface area contributed by atoms with Gasteiger partial charge in [0.05, 0.1) is 5.92 Å². The third-order valence-electron chi connectivity index (χ3n) is 6.37. The average Bonchev–Trinajstić information content (AvgIpc) is 3.11. The van der Waals surface area contributed by atoms with Crippen LogP contribution in [0.3, 0.4) is 0 Å². The number of unbranched alkanes of at least 4 members (excludes halogenated alkanes) is 1. The predicted molar refractivity (Wildman–Crippen MR) is 116 cm³/mol. The van der Waals surface area contributed by atoms with Gasteiger partial charge in [0.2, 0.25) is 5.91 Å². The maximum atomic E-state index is 13.0. The molecule has 4 heteroatoms. The quantitative estimate of drug-likeness (QED) is 0.743. The fourth-order valence-electron chi connectivity index (χ4n) is 4.95. The van der Waals surface area contributed by atoms with Gasteiger partial charge in [0.15, 0.2) is 0 Å². The molecule has 0 radical (unpaired) electrons. The Kier molecular flexibility index (Phi) is 5.58. The first-order valence-electron chi connectivity index (χ1n) is 11.0. The number of fused-ring (bicyclic) bond motifs is 2. The van der Waals surface area contributed by atoms with E-state index < -0.39 is 0 Å². The molecule has 1 aromatic carbocycles. The first-order valence-corrected chi connectivity index (χ1v) is 11.0. The van der Waals surface area contributed by atoms with Crippen LogP contribution in [-0.2, 0) is 11.2 Å². The van der Waals surface area contributed by atoms with E-state index in [0.717, 1.165) is 32.4 Å². The number of carbonyl (C=O) groups excluding carboxylic acids is 1. The molecule has 1 aliphatic heterocycles. The van der Waals surface area contributed by atoms with Gasteiger partial charge in [-0.15, -0.1) is 0 Å². The number of hydrogen-bond donors (Lipinski definition) is 2. The topological polar surface area (TPSA) is 48.1 Å². The molecule has 1 aromatic heterocycles. The normalized spacial score (nSPS) is 22.6. The molecule has 1 aliphatic carbocycles. The van der Waals surface area contributed by atoms with E-state index in [4.69, 9.17) is 0 Å². The highest BCUT2D eigenvalue weighted by atomic mass is 16.2. The second-order valence-corrected chi connectivity index (χ2v) is 8.54. The molecule has 0 fully saturated rings. The molecule has 4 rings (SSSR count). The van der Waals surface area contributed by atoms with E-state index >= 15 is 0 Å².